The number of ether oxygens (including phenoxy) is 2. The lowest BCUT2D eigenvalue weighted by Gasteiger charge is -2.08. The van der Waals surface area contributed by atoms with Gasteiger partial charge in [-0.25, -0.2) is 9.59 Å². The molecule has 1 N–H and O–H groups in total. The lowest BCUT2D eigenvalue weighted by molar-refractivity contribution is -0.119. The van der Waals surface area contributed by atoms with Crippen LogP contribution in [-0.4, -0.2) is 31.1 Å². The predicted molar refractivity (Wildman–Crippen MR) is 105 cm³/mol. The Bertz CT molecular complexity index is 894. The normalized spacial score (nSPS) is 10.4. The quantitative estimate of drug-likeness (QED) is 0.675. The van der Waals surface area contributed by atoms with Crippen LogP contribution in [0.4, 0.5) is 5.00 Å². The largest absolute Gasteiger partial charge is 0.462 e. The first-order chi connectivity index (χ1) is 12.7. The van der Waals surface area contributed by atoms with Crippen LogP contribution in [0.3, 0.4) is 0 Å². The Labute approximate surface area is 170 Å². The molecule has 0 spiro atoms. The van der Waals surface area contributed by atoms with Crippen LogP contribution in [0.2, 0.25) is 10.0 Å². The molecule has 9 heteroatoms. The number of carbonyl (C=O) groups is 3. The minimum atomic E-state index is -0.715. The zero-order valence-corrected chi connectivity index (χ0v) is 17.2. The summed E-state index contributed by atoms with van der Waals surface area (Å²) in [4.78, 5) is 37.1. The number of esters is 2. The molecular weight excluding hydrogens is 413 g/mol. The Morgan fingerprint density at radius 2 is 1.78 bits per heavy atom. The summed E-state index contributed by atoms with van der Waals surface area (Å²) in [5.41, 5.74) is 1.22. The van der Waals surface area contributed by atoms with Crippen LogP contribution in [0.25, 0.3) is 0 Å². The number of hydrogen-bond acceptors (Lipinski definition) is 6. The first-order valence-electron chi connectivity index (χ1n) is 7.93. The molecule has 0 saturated heterocycles. The smallest absolute Gasteiger partial charge is 0.341 e. The van der Waals surface area contributed by atoms with Gasteiger partial charge in [0.15, 0.2) is 6.61 Å². The van der Waals surface area contributed by atoms with Gasteiger partial charge in [0, 0.05) is 4.88 Å². The summed E-state index contributed by atoms with van der Waals surface area (Å²) >= 11 is 12.9. The minimum absolute atomic E-state index is 0.173. The molecule has 0 unspecified atom stereocenters. The number of hydrogen-bond donors (Lipinski definition) is 1. The van der Waals surface area contributed by atoms with Gasteiger partial charge in [-0.3, -0.25) is 4.79 Å². The minimum Gasteiger partial charge on any atom is -0.462 e. The first-order valence-corrected chi connectivity index (χ1v) is 9.51. The Kier molecular flexibility index (Phi) is 7.24. The monoisotopic (exact) mass is 429 g/mol. The van der Waals surface area contributed by atoms with Crippen LogP contribution in [0.15, 0.2) is 18.2 Å². The maximum absolute atomic E-state index is 12.1. The van der Waals surface area contributed by atoms with E-state index in [1.807, 2.05) is 6.92 Å². The Morgan fingerprint density at radius 3 is 2.41 bits per heavy atom. The number of carbonyl (C=O) groups excluding carboxylic acids is 3. The van der Waals surface area contributed by atoms with Crippen LogP contribution in [-0.2, 0) is 14.3 Å². The SMILES string of the molecule is CCOC(=O)c1c(NC(=O)COC(=O)c2ccc(Cl)c(Cl)c2)sc(C)c1C. The zero-order valence-electron chi connectivity index (χ0n) is 14.9. The lowest BCUT2D eigenvalue weighted by atomic mass is 10.1. The molecule has 1 heterocycles. The van der Waals surface area contributed by atoms with E-state index < -0.39 is 24.5 Å². The van der Waals surface area contributed by atoms with Crippen LogP contribution in [0.1, 0.15) is 38.1 Å². The van der Waals surface area contributed by atoms with Crippen LogP contribution < -0.4 is 5.32 Å². The van der Waals surface area contributed by atoms with Gasteiger partial charge in [0.25, 0.3) is 5.91 Å². The topological polar surface area (TPSA) is 81.7 Å². The summed E-state index contributed by atoms with van der Waals surface area (Å²) in [7, 11) is 0. The van der Waals surface area contributed by atoms with Crippen molar-refractivity contribution < 1.29 is 23.9 Å². The molecule has 144 valence electrons. The number of anilines is 1. The van der Waals surface area contributed by atoms with E-state index >= 15 is 0 Å². The maximum Gasteiger partial charge on any atom is 0.341 e. The van der Waals surface area contributed by atoms with Gasteiger partial charge in [0.2, 0.25) is 0 Å². The van der Waals surface area contributed by atoms with Crippen molar-refractivity contribution in [3.8, 4) is 0 Å². The molecule has 0 bridgehead atoms. The van der Waals surface area contributed by atoms with E-state index in [9.17, 15) is 14.4 Å². The van der Waals surface area contributed by atoms with Gasteiger partial charge in [0.1, 0.15) is 5.00 Å². The number of halogens is 2. The maximum atomic E-state index is 12.1. The average Bonchev–Trinajstić information content (AvgIpc) is 2.89. The van der Waals surface area contributed by atoms with Gasteiger partial charge in [0.05, 0.1) is 27.8 Å². The third-order valence-corrected chi connectivity index (χ3v) is 5.47. The van der Waals surface area contributed by atoms with Crippen LogP contribution in [0, 0.1) is 13.8 Å². The summed E-state index contributed by atoms with van der Waals surface area (Å²) in [5.74, 6) is -1.80. The fourth-order valence-corrected chi connectivity index (χ4v) is 3.53. The molecule has 2 aromatic rings. The van der Waals surface area contributed by atoms with E-state index in [0.717, 1.165) is 10.4 Å². The predicted octanol–water partition coefficient (Wildman–Crippen LogP) is 4.64. The standard InChI is InChI=1S/C18H17Cl2NO5S/c1-4-25-18(24)15-9(2)10(3)27-16(15)21-14(22)8-26-17(23)11-5-6-12(19)13(20)7-11/h5-7H,4,8H2,1-3H3,(H,21,22). The highest BCUT2D eigenvalue weighted by Crippen LogP contribution is 2.33. The second kappa shape index (κ2) is 9.21. The number of aryl methyl sites for hydroxylation is 1. The van der Waals surface area contributed by atoms with Gasteiger partial charge in [-0.1, -0.05) is 23.2 Å². The molecule has 0 radical (unpaired) electrons. The van der Waals surface area contributed by atoms with E-state index in [2.05, 4.69) is 5.32 Å². The number of rotatable bonds is 6. The van der Waals surface area contributed by atoms with E-state index in [0.29, 0.717) is 15.6 Å². The molecule has 0 aliphatic rings. The zero-order chi connectivity index (χ0) is 20.1. The Balaban J connectivity index is 2.03. The van der Waals surface area contributed by atoms with E-state index in [-0.39, 0.29) is 17.2 Å². The number of benzene rings is 1. The molecule has 1 aromatic carbocycles. The molecule has 1 aromatic heterocycles. The van der Waals surface area contributed by atoms with Crippen molar-refractivity contribution >= 4 is 57.4 Å². The molecule has 2 rings (SSSR count). The van der Waals surface area contributed by atoms with Crippen molar-refractivity contribution in [2.75, 3.05) is 18.5 Å². The molecule has 0 aliphatic heterocycles. The van der Waals surface area contributed by atoms with Crippen molar-refractivity contribution in [2.45, 2.75) is 20.8 Å². The van der Waals surface area contributed by atoms with Gasteiger partial charge in [-0.2, -0.15) is 0 Å². The Hall–Kier alpha value is -2.09. The lowest BCUT2D eigenvalue weighted by Crippen LogP contribution is -2.21. The van der Waals surface area contributed by atoms with Gasteiger partial charge in [-0.15, -0.1) is 11.3 Å². The molecule has 0 fully saturated rings. The van der Waals surface area contributed by atoms with E-state index in [1.54, 1.807) is 13.8 Å². The summed E-state index contributed by atoms with van der Waals surface area (Å²) < 4.78 is 10.0. The summed E-state index contributed by atoms with van der Waals surface area (Å²) in [5, 5.41) is 3.47. The third-order valence-electron chi connectivity index (χ3n) is 3.61. The highest BCUT2D eigenvalue weighted by atomic mass is 35.5. The molecule has 0 saturated carbocycles. The molecule has 0 atom stereocenters. The van der Waals surface area contributed by atoms with Gasteiger partial charge in [-0.05, 0) is 44.5 Å². The Morgan fingerprint density at radius 1 is 1.07 bits per heavy atom. The highest BCUT2D eigenvalue weighted by Gasteiger charge is 2.22. The fraction of sp³-hybridized carbons (Fsp3) is 0.278. The van der Waals surface area contributed by atoms with Crippen molar-refractivity contribution in [3.05, 3.63) is 49.8 Å². The van der Waals surface area contributed by atoms with Gasteiger partial charge >= 0.3 is 11.9 Å². The molecule has 27 heavy (non-hydrogen) atoms. The number of nitrogens with one attached hydrogen (secondary N) is 1. The van der Waals surface area contributed by atoms with Crippen molar-refractivity contribution in [2.24, 2.45) is 0 Å². The summed E-state index contributed by atoms with van der Waals surface area (Å²) in [6, 6.07) is 4.26. The van der Waals surface area contributed by atoms with E-state index in [4.69, 9.17) is 32.7 Å². The van der Waals surface area contributed by atoms with Crippen LogP contribution in [0.5, 0.6) is 0 Å². The molecule has 0 aliphatic carbocycles. The van der Waals surface area contributed by atoms with E-state index in [1.165, 1.54) is 29.5 Å². The van der Waals surface area contributed by atoms with Gasteiger partial charge < -0.3 is 14.8 Å². The molecular formula is C18H17Cl2NO5S. The molecule has 6 nitrogen and oxygen atoms in total. The molecule has 1 amide bonds. The van der Waals surface area contributed by atoms with Crippen molar-refractivity contribution in [1.82, 2.24) is 0 Å². The number of thiophene rings is 1. The second-order valence-corrected chi connectivity index (χ2v) is 7.50. The summed E-state index contributed by atoms with van der Waals surface area (Å²) in [6.07, 6.45) is 0. The first kappa shape index (κ1) is 21.2. The fourth-order valence-electron chi connectivity index (χ4n) is 2.16. The van der Waals surface area contributed by atoms with Crippen molar-refractivity contribution in [1.29, 1.82) is 0 Å². The highest BCUT2D eigenvalue weighted by molar-refractivity contribution is 7.16. The van der Waals surface area contributed by atoms with Crippen LogP contribution >= 0.6 is 34.5 Å². The summed E-state index contributed by atoms with van der Waals surface area (Å²) in [6.45, 7) is 5.02. The second-order valence-electron chi connectivity index (χ2n) is 5.46. The third kappa shape index (κ3) is 5.22. The average molecular weight is 430 g/mol. The van der Waals surface area contributed by atoms with Crippen molar-refractivity contribution in [3.63, 3.8) is 0 Å². The number of amides is 1.